The van der Waals surface area contributed by atoms with Crippen LogP contribution in [0.5, 0.6) is 5.75 Å². The fourth-order valence-electron chi connectivity index (χ4n) is 8.29. The van der Waals surface area contributed by atoms with Gasteiger partial charge in [-0.25, -0.2) is 15.0 Å². The molecular weight excluding hydrogens is 881 g/mol. The topological polar surface area (TPSA) is 217 Å². The normalized spacial score (nSPS) is 14.4. The molecule has 5 heterocycles. The lowest BCUT2D eigenvalue weighted by Gasteiger charge is -2.34. The van der Waals surface area contributed by atoms with E-state index < -0.39 is 11.8 Å². The number of thiazole rings is 1. The van der Waals surface area contributed by atoms with Gasteiger partial charge in [0.25, 0.3) is 11.8 Å². The summed E-state index contributed by atoms with van der Waals surface area (Å²) in [4.78, 5) is 84.6. The molecule has 1 saturated heterocycles. The molecule has 0 atom stereocenters. The molecule has 1 aliphatic carbocycles. The average molecular weight is 935 g/mol. The molecule has 1 aliphatic heterocycles. The average Bonchev–Trinajstić information content (AvgIpc) is 3.66. The molecule has 0 spiro atoms. The number of nitrogens with zero attached hydrogens (tertiary/aromatic N) is 9. The molecule has 2 fully saturated rings. The Hall–Kier alpha value is -6.38. The van der Waals surface area contributed by atoms with Crippen LogP contribution in [0.4, 0.5) is 11.9 Å². The van der Waals surface area contributed by atoms with Crippen molar-refractivity contribution in [3.63, 3.8) is 0 Å². The van der Waals surface area contributed by atoms with Gasteiger partial charge in [0.1, 0.15) is 28.1 Å². The van der Waals surface area contributed by atoms with Crippen LogP contribution in [0, 0.1) is 19.8 Å². The number of thioether (sulfide) groups is 1. The first-order valence-electron chi connectivity index (χ1n) is 22.2. The summed E-state index contributed by atoms with van der Waals surface area (Å²) in [5.74, 6) is -0.00795. The van der Waals surface area contributed by atoms with Crippen LogP contribution in [-0.4, -0.2) is 119 Å². The third-order valence-electron chi connectivity index (χ3n) is 11.7. The molecule has 8 rings (SSSR count). The smallest absolute Gasteiger partial charge is 0.276 e. The van der Waals surface area contributed by atoms with E-state index in [1.165, 1.54) is 23.1 Å². The van der Waals surface area contributed by atoms with Crippen molar-refractivity contribution in [2.75, 3.05) is 56.2 Å². The second-order valence-electron chi connectivity index (χ2n) is 16.4. The lowest BCUT2D eigenvalue weighted by molar-refractivity contribution is -0.134. The first-order valence-corrected chi connectivity index (χ1v) is 24.2. The van der Waals surface area contributed by atoms with Gasteiger partial charge in [0.15, 0.2) is 0 Å². The maximum Gasteiger partial charge on any atom is 0.276 e. The van der Waals surface area contributed by atoms with Gasteiger partial charge in [0.2, 0.25) is 23.7 Å². The number of allylic oxidation sites excluding steroid dienone is 2. The second-order valence-corrected chi connectivity index (χ2v) is 18.4. The molecule has 1 saturated carbocycles. The molecular formula is C46H54N12O6S2. The van der Waals surface area contributed by atoms with Gasteiger partial charge in [0.05, 0.1) is 39.6 Å². The first-order chi connectivity index (χ1) is 31.9. The van der Waals surface area contributed by atoms with E-state index in [1.54, 1.807) is 35.0 Å². The highest BCUT2D eigenvalue weighted by atomic mass is 32.2. The number of carbonyl (C=O) groups excluding carboxylic acids is 5. The summed E-state index contributed by atoms with van der Waals surface area (Å²) >= 11 is 2.79. The molecule has 346 valence electrons. The molecule has 0 bridgehead atoms. The van der Waals surface area contributed by atoms with Crippen molar-refractivity contribution >= 4 is 87.0 Å². The Balaban J connectivity index is 1.09. The van der Waals surface area contributed by atoms with E-state index >= 15 is 0 Å². The molecule has 4 amide bonds. The van der Waals surface area contributed by atoms with Crippen LogP contribution in [0.2, 0.25) is 0 Å². The minimum absolute atomic E-state index is 0.202. The summed E-state index contributed by atoms with van der Waals surface area (Å²) in [5, 5.41) is 11.2. The van der Waals surface area contributed by atoms with Gasteiger partial charge in [-0.05, 0) is 83.0 Å². The van der Waals surface area contributed by atoms with Crippen molar-refractivity contribution in [1.29, 1.82) is 0 Å². The van der Waals surface area contributed by atoms with Gasteiger partial charge in [0, 0.05) is 74.3 Å². The zero-order valence-electron chi connectivity index (χ0n) is 37.8. The van der Waals surface area contributed by atoms with E-state index in [4.69, 9.17) is 20.4 Å². The van der Waals surface area contributed by atoms with Crippen LogP contribution in [-0.2, 0) is 30.8 Å². The third kappa shape index (κ3) is 9.90. The molecule has 0 unspecified atom stereocenters. The third-order valence-corrected chi connectivity index (χ3v) is 13.5. The molecule has 2 aromatic carbocycles. The maximum absolute atomic E-state index is 13.9. The van der Waals surface area contributed by atoms with E-state index in [9.17, 15) is 24.0 Å². The quantitative estimate of drug-likeness (QED) is 0.0371. The van der Waals surface area contributed by atoms with E-state index in [0.717, 1.165) is 67.3 Å². The largest absolute Gasteiger partial charge is 0.491 e. The summed E-state index contributed by atoms with van der Waals surface area (Å²) in [7, 11) is 0. The second kappa shape index (κ2) is 20.0. The standard InChI is InChI=1S/C46H54N12O6S2/c1-6-32-40(66-28(4)48-32)43(62)52-46-49-33-22-29(26-59)23-37(65-5)39(33)57(46)15-9-8-14-56-38-34(50-45(56)51-42(61)35-21-27(3)53-58(35)7-2)24-31(41(47)60)25-36(38)64-20-10-13-54-16-18-55(19-17-54)44(63)30-11-12-30/h8-9,21-26,30H,6-7,10-20H2,1-5H3,(H2,47,60)(H,49,52,62)(H,50,51,61)/b9-8+. The van der Waals surface area contributed by atoms with Crippen LogP contribution in [0.3, 0.4) is 0 Å². The molecule has 4 N–H and O–H groups in total. The number of anilines is 2. The fraction of sp³-hybridized carbons (Fsp3) is 0.413. The molecule has 4 aromatic heterocycles. The molecule has 6 aromatic rings. The molecule has 2 aliphatic rings. The van der Waals surface area contributed by atoms with Crippen molar-refractivity contribution < 1.29 is 28.7 Å². The Morgan fingerprint density at radius 3 is 2.21 bits per heavy atom. The fourth-order valence-corrected chi connectivity index (χ4v) is 9.86. The minimum Gasteiger partial charge on any atom is -0.491 e. The molecule has 18 nitrogen and oxygen atoms in total. The van der Waals surface area contributed by atoms with Gasteiger partial charge in [-0.1, -0.05) is 19.1 Å². The number of imidazole rings is 2. The molecule has 20 heteroatoms. The van der Waals surface area contributed by atoms with Crippen LogP contribution in [0.1, 0.15) is 90.4 Å². The number of benzene rings is 2. The van der Waals surface area contributed by atoms with Crippen LogP contribution in [0.15, 0.2) is 47.4 Å². The van der Waals surface area contributed by atoms with Crippen molar-refractivity contribution in [2.45, 2.75) is 77.9 Å². The van der Waals surface area contributed by atoms with E-state index in [2.05, 4.69) is 25.6 Å². The number of nitrogens with one attached hydrogen (secondary N) is 2. The number of ether oxygens (including phenoxy) is 1. The summed E-state index contributed by atoms with van der Waals surface area (Å²) in [6, 6.07) is 8.40. The van der Waals surface area contributed by atoms with Crippen molar-refractivity contribution in [1.82, 2.24) is 43.7 Å². The number of fused-ring (bicyclic) bond motifs is 2. The zero-order chi connectivity index (χ0) is 46.6. The number of amides is 4. The number of hydrogen-bond acceptors (Lipinski definition) is 13. The van der Waals surface area contributed by atoms with E-state index in [-0.39, 0.29) is 42.3 Å². The Bertz CT molecular complexity index is 2860. The van der Waals surface area contributed by atoms with E-state index in [1.807, 2.05) is 60.1 Å². The van der Waals surface area contributed by atoms with Gasteiger partial charge in [-0.15, -0.1) is 23.1 Å². The SMILES string of the molecule is CCc1nc(C)sc1C(=O)Nc1nc2cc(C=O)cc(SC)c2n1C/C=C/Cn1c(NC(=O)c2cc(C)nn2CC)nc2cc(C(N)=O)cc(OCCCN3CCN(C(=O)C4CC4)CC3)c21. The number of piperazine rings is 1. The number of primary amides is 1. The highest BCUT2D eigenvalue weighted by molar-refractivity contribution is 7.98. The number of nitrogens with two attached hydrogens (primary N) is 1. The predicted molar refractivity (Wildman–Crippen MR) is 255 cm³/mol. The van der Waals surface area contributed by atoms with Crippen LogP contribution < -0.4 is 21.1 Å². The number of hydrogen-bond donors (Lipinski definition) is 3. The van der Waals surface area contributed by atoms with Crippen LogP contribution in [0.25, 0.3) is 22.1 Å². The zero-order valence-corrected chi connectivity index (χ0v) is 39.4. The van der Waals surface area contributed by atoms with Gasteiger partial charge >= 0.3 is 0 Å². The summed E-state index contributed by atoms with van der Waals surface area (Å²) in [6.07, 6.45) is 9.80. The molecule has 66 heavy (non-hydrogen) atoms. The Morgan fingerprint density at radius 1 is 0.894 bits per heavy atom. The van der Waals surface area contributed by atoms with Crippen molar-refractivity contribution in [3.05, 3.63) is 80.6 Å². The lowest BCUT2D eigenvalue weighted by atomic mass is 10.1. The monoisotopic (exact) mass is 934 g/mol. The van der Waals surface area contributed by atoms with Crippen LogP contribution >= 0.6 is 23.1 Å². The van der Waals surface area contributed by atoms with Crippen molar-refractivity contribution in [3.8, 4) is 5.75 Å². The maximum atomic E-state index is 13.9. The number of rotatable bonds is 19. The highest BCUT2D eigenvalue weighted by Gasteiger charge is 2.34. The number of aryl methyl sites for hydroxylation is 4. The van der Waals surface area contributed by atoms with Crippen molar-refractivity contribution in [2.24, 2.45) is 11.7 Å². The Morgan fingerprint density at radius 2 is 1.58 bits per heavy atom. The molecule has 0 radical (unpaired) electrons. The Labute approximate surface area is 390 Å². The predicted octanol–water partition coefficient (Wildman–Crippen LogP) is 5.96. The summed E-state index contributed by atoms with van der Waals surface area (Å²) in [6.45, 7) is 12.6. The summed E-state index contributed by atoms with van der Waals surface area (Å²) in [5.41, 5.74) is 10.5. The Kier molecular flexibility index (Phi) is 14.0. The minimum atomic E-state index is -0.653. The van der Waals surface area contributed by atoms with Gasteiger partial charge in [-0.2, -0.15) is 5.10 Å². The van der Waals surface area contributed by atoms with Gasteiger partial charge in [-0.3, -0.25) is 44.2 Å². The van der Waals surface area contributed by atoms with E-state index in [0.29, 0.717) is 81.8 Å². The number of aromatic nitrogens is 7. The van der Waals surface area contributed by atoms with Gasteiger partial charge < -0.3 is 24.5 Å². The highest BCUT2D eigenvalue weighted by Crippen LogP contribution is 2.34. The number of aldehydes is 1. The number of carbonyl (C=O) groups is 5. The summed E-state index contributed by atoms with van der Waals surface area (Å²) < 4.78 is 11.8. The first kappa shape index (κ1) is 46.2. The lowest BCUT2D eigenvalue weighted by Crippen LogP contribution is -2.49.